The van der Waals surface area contributed by atoms with E-state index in [0.717, 1.165) is 22.3 Å². The number of aryl methyl sites for hydroxylation is 2. The van der Waals surface area contributed by atoms with Crippen LogP contribution in [0.5, 0.6) is 0 Å². The molecule has 3 nitrogen and oxygen atoms in total. The van der Waals surface area contributed by atoms with Gasteiger partial charge in [0.25, 0.3) is 0 Å². The van der Waals surface area contributed by atoms with Crippen molar-refractivity contribution in [2.75, 3.05) is 0 Å². The summed E-state index contributed by atoms with van der Waals surface area (Å²) >= 11 is 0. The lowest BCUT2D eigenvalue weighted by Gasteiger charge is -2.06. The van der Waals surface area contributed by atoms with Crippen LogP contribution in [0.4, 0.5) is 0 Å². The van der Waals surface area contributed by atoms with Gasteiger partial charge in [0.1, 0.15) is 5.78 Å². The SMILES string of the molecule is Cc1cccc(CC(=O)Cc2cc(C)cc(C(=O)O)c2)c1. The first kappa shape index (κ1) is 15.0. The predicted octanol–water partition coefficient (Wildman–Crippen LogP) is 3.36. The minimum Gasteiger partial charge on any atom is -0.478 e. The number of hydrogen-bond acceptors (Lipinski definition) is 2. The second kappa shape index (κ2) is 6.35. The minimum atomic E-state index is -0.967. The molecule has 0 aliphatic rings. The van der Waals surface area contributed by atoms with Crippen LogP contribution in [0.15, 0.2) is 42.5 Å². The van der Waals surface area contributed by atoms with Crippen LogP contribution in [-0.4, -0.2) is 16.9 Å². The molecule has 0 unspecified atom stereocenters. The number of ketones is 1. The number of benzene rings is 2. The molecule has 1 N–H and O–H groups in total. The van der Waals surface area contributed by atoms with Crippen LogP contribution in [0.1, 0.15) is 32.6 Å². The number of carbonyl (C=O) groups is 2. The van der Waals surface area contributed by atoms with Crippen LogP contribution in [0.25, 0.3) is 0 Å². The highest BCUT2D eigenvalue weighted by molar-refractivity contribution is 5.89. The number of rotatable bonds is 5. The third kappa shape index (κ3) is 4.28. The standard InChI is InChI=1S/C18H18O3/c1-12-4-3-5-14(6-12)10-17(19)11-15-7-13(2)8-16(9-15)18(20)21/h3-9H,10-11H2,1-2H3,(H,20,21). The highest BCUT2D eigenvalue weighted by Gasteiger charge is 2.09. The highest BCUT2D eigenvalue weighted by atomic mass is 16.4. The van der Waals surface area contributed by atoms with Gasteiger partial charge < -0.3 is 5.11 Å². The van der Waals surface area contributed by atoms with Gasteiger partial charge in [-0.05, 0) is 42.7 Å². The van der Waals surface area contributed by atoms with E-state index in [4.69, 9.17) is 5.11 Å². The number of hydrogen-bond donors (Lipinski definition) is 1. The van der Waals surface area contributed by atoms with E-state index in [2.05, 4.69) is 0 Å². The molecular weight excluding hydrogens is 264 g/mol. The Bertz CT molecular complexity index is 687. The molecule has 0 atom stereocenters. The summed E-state index contributed by atoms with van der Waals surface area (Å²) in [5.74, 6) is -0.881. The Hall–Kier alpha value is -2.42. The van der Waals surface area contributed by atoms with Gasteiger partial charge in [0, 0.05) is 12.8 Å². The Balaban J connectivity index is 2.11. The van der Waals surface area contributed by atoms with Crippen molar-refractivity contribution in [3.63, 3.8) is 0 Å². The predicted molar refractivity (Wildman–Crippen MR) is 81.7 cm³/mol. The van der Waals surface area contributed by atoms with E-state index < -0.39 is 5.97 Å². The summed E-state index contributed by atoms with van der Waals surface area (Å²) in [7, 11) is 0. The Morgan fingerprint density at radius 2 is 1.57 bits per heavy atom. The first-order valence-electron chi connectivity index (χ1n) is 6.85. The van der Waals surface area contributed by atoms with Crippen LogP contribution in [0.3, 0.4) is 0 Å². The molecule has 0 spiro atoms. The molecule has 0 heterocycles. The molecule has 0 bridgehead atoms. The van der Waals surface area contributed by atoms with Crippen LogP contribution in [0.2, 0.25) is 0 Å². The second-order valence-electron chi connectivity index (χ2n) is 5.39. The summed E-state index contributed by atoms with van der Waals surface area (Å²) in [6.07, 6.45) is 0.633. The van der Waals surface area contributed by atoms with Crippen molar-refractivity contribution < 1.29 is 14.7 Å². The number of carboxylic acids is 1. The van der Waals surface area contributed by atoms with Crippen LogP contribution in [-0.2, 0) is 17.6 Å². The minimum absolute atomic E-state index is 0.0857. The smallest absolute Gasteiger partial charge is 0.335 e. The summed E-state index contributed by atoms with van der Waals surface area (Å²) in [5.41, 5.74) is 3.96. The van der Waals surface area contributed by atoms with E-state index in [1.165, 1.54) is 0 Å². The number of carbonyl (C=O) groups excluding carboxylic acids is 1. The molecule has 0 amide bonds. The fourth-order valence-electron chi connectivity index (χ4n) is 2.43. The summed E-state index contributed by atoms with van der Waals surface area (Å²) in [5, 5.41) is 9.05. The molecular formula is C18H18O3. The second-order valence-corrected chi connectivity index (χ2v) is 5.39. The maximum Gasteiger partial charge on any atom is 0.335 e. The van der Waals surface area contributed by atoms with Gasteiger partial charge in [-0.1, -0.05) is 35.9 Å². The quantitative estimate of drug-likeness (QED) is 0.915. The van der Waals surface area contributed by atoms with Crippen molar-refractivity contribution in [1.82, 2.24) is 0 Å². The fraction of sp³-hybridized carbons (Fsp3) is 0.222. The molecule has 2 aromatic carbocycles. The van der Waals surface area contributed by atoms with Gasteiger partial charge in [-0.3, -0.25) is 4.79 Å². The van der Waals surface area contributed by atoms with Crippen LogP contribution in [0, 0.1) is 13.8 Å². The zero-order valence-corrected chi connectivity index (χ0v) is 12.2. The molecule has 2 rings (SSSR count). The lowest BCUT2D eigenvalue weighted by Crippen LogP contribution is -2.08. The van der Waals surface area contributed by atoms with Crippen LogP contribution >= 0.6 is 0 Å². The van der Waals surface area contributed by atoms with Gasteiger partial charge >= 0.3 is 5.97 Å². The third-order valence-electron chi connectivity index (χ3n) is 3.27. The topological polar surface area (TPSA) is 54.4 Å². The summed E-state index contributed by atoms with van der Waals surface area (Å²) < 4.78 is 0. The zero-order chi connectivity index (χ0) is 15.4. The Kier molecular flexibility index (Phi) is 4.53. The third-order valence-corrected chi connectivity index (χ3v) is 3.27. The van der Waals surface area contributed by atoms with Crippen molar-refractivity contribution in [1.29, 1.82) is 0 Å². The number of carboxylic acid groups (broad SMARTS) is 1. The lowest BCUT2D eigenvalue weighted by molar-refractivity contribution is -0.117. The summed E-state index contributed by atoms with van der Waals surface area (Å²) in [6.45, 7) is 3.83. The first-order chi connectivity index (χ1) is 9.94. The average Bonchev–Trinajstić information content (AvgIpc) is 2.37. The molecule has 0 saturated carbocycles. The average molecular weight is 282 g/mol. The first-order valence-corrected chi connectivity index (χ1v) is 6.85. The Labute approximate surface area is 124 Å². The summed E-state index contributed by atoms with van der Waals surface area (Å²) in [6, 6.07) is 12.9. The Morgan fingerprint density at radius 1 is 0.905 bits per heavy atom. The molecule has 0 aliphatic carbocycles. The van der Waals surface area contributed by atoms with Crippen molar-refractivity contribution in [3.05, 3.63) is 70.3 Å². The number of Topliss-reactive ketones (excluding diaryl/α,β-unsaturated/α-hetero) is 1. The molecule has 3 heteroatoms. The zero-order valence-electron chi connectivity index (χ0n) is 12.2. The van der Waals surface area contributed by atoms with E-state index in [0.29, 0.717) is 6.42 Å². The van der Waals surface area contributed by atoms with Gasteiger partial charge in [-0.2, -0.15) is 0 Å². The van der Waals surface area contributed by atoms with E-state index >= 15 is 0 Å². The van der Waals surface area contributed by atoms with Crippen molar-refractivity contribution >= 4 is 11.8 Å². The van der Waals surface area contributed by atoms with Crippen molar-refractivity contribution in [2.24, 2.45) is 0 Å². The molecule has 0 aliphatic heterocycles. The fourth-order valence-corrected chi connectivity index (χ4v) is 2.43. The largest absolute Gasteiger partial charge is 0.478 e. The van der Waals surface area contributed by atoms with Crippen molar-refractivity contribution in [2.45, 2.75) is 26.7 Å². The monoisotopic (exact) mass is 282 g/mol. The lowest BCUT2D eigenvalue weighted by atomic mass is 9.99. The molecule has 108 valence electrons. The molecule has 0 aromatic heterocycles. The number of aromatic carboxylic acids is 1. The molecule has 2 aromatic rings. The molecule has 0 fully saturated rings. The van der Waals surface area contributed by atoms with Gasteiger partial charge in [-0.15, -0.1) is 0 Å². The molecule has 0 radical (unpaired) electrons. The van der Waals surface area contributed by atoms with E-state index in [9.17, 15) is 9.59 Å². The molecule has 21 heavy (non-hydrogen) atoms. The van der Waals surface area contributed by atoms with Crippen LogP contribution < -0.4 is 0 Å². The highest BCUT2D eigenvalue weighted by Crippen LogP contribution is 2.13. The van der Waals surface area contributed by atoms with Gasteiger partial charge in [0.15, 0.2) is 0 Å². The molecule has 0 saturated heterocycles. The van der Waals surface area contributed by atoms with E-state index in [1.807, 2.05) is 44.2 Å². The van der Waals surface area contributed by atoms with Crippen molar-refractivity contribution in [3.8, 4) is 0 Å². The van der Waals surface area contributed by atoms with E-state index in [-0.39, 0.29) is 17.8 Å². The van der Waals surface area contributed by atoms with E-state index in [1.54, 1.807) is 12.1 Å². The van der Waals surface area contributed by atoms with Gasteiger partial charge in [0.05, 0.1) is 5.56 Å². The maximum absolute atomic E-state index is 12.1. The van der Waals surface area contributed by atoms with Gasteiger partial charge in [0.2, 0.25) is 0 Å². The normalized spacial score (nSPS) is 10.4. The summed E-state index contributed by atoms with van der Waals surface area (Å²) in [4.78, 5) is 23.2. The maximum atomic E-state index is 12.1. The van der Waals surface area contributed by atoms with Gasteiger partial charge in [-0.25, -0.2) is 4.79 Å². The Morgan fingerprint density at radius 3 is 2.24 bits per heavy atom.